The number of carbonyl (C=O) groups excluding carboxylic acids is 2. The van der Waals surface area contributed by atoms with Gasteiger partial charge in [-0.05, 0) is 37.1 Å². The molecule has 0 atom stereocenters. The molecule has 3 rings (SSSR count). The molecule has 2 N–H and O–H groups in total. The van der Waals surface area contributed by atoms with Gasteiger partial charge < -0.3 is 10.6 Å². The van der Waals surface area contributed by atoms with Gasteiger partial charge in [0.15, 0.2) is 0 Å². The third-order valence-corrected chi connectivity index (χ3v) is 4.45. The number of benzene rings is 1. The van der Waals surface area contributed by atoms with E-state index in [0.29, 0.717) is 24.6 Å². The van der Waals surface area contributed by atoms with Crippen molar-refractivity contribution in [2.45, 2.75) is 44.6 Å². The highest BCUT2D eigenvalue weighted by atomic mass is 16.2. The molecule has 2 aromatic rings. The second-order valence-electron chi connectivity index (χ2n) is 6.32. The third kappa shape index (κ3) is 4.89. The molecule has 1 aromatic carbocycles. The molecular weight excluding hydrogens is 318 g/mol. The molecule has 1 fully saturated rings. The average molecular weight is 341 g/mol. The second-order valence-corrected chi connectivity index (χ2v) is 6.32. The van der Waals surface area contributed by atoms with Crippen molar-refractivity contribution in [1.82, 2.24) is 25.4 Å². The average Bonchev–Trinajstić information content (AvgIpc) is 3.17. The van der Waals surface area contributed by atoms with Gasteiger partial charge in [-0.2, -0.15) is 0 Å². The van der Waals surface area contributed by atoms with E-state index >= 15 is 0 Å². The molecule has 0 radical (unpaired) electrons. The van der Waals surface area contributed by atoms with Gasteiger partial charge in [0.1, 0.15) is 12.7 Å². The summed E-state index contributed by atoms with van der Waals surface area (Å²) in [6.07, 6.45) is 9.27. The van der Waals surface area contributed by atoms with Crippen molar-refractivity contribution in [2.75, 3.05) is 6.54 Å². The van der Waals surface area contributed by atoms with Crippen LogP contribution in [0.4, 0.5) is 0 Å². The SMILES string of the molecule is O=C(CCNC(=O)c1ccc(-n2cnnc2)cc1)NC1CCCCC1. The van der Waals surface area contributed by atoms with Crippen LogP contribution in [0.5, 0.6) is 0 Å². The maximum Gasteiger partial charge on any atom is 0.251 e. The largest absolute Gasteiger partial charge is 0.353 e. The molecule has 1 aliphatic rings. The van der Waals surface area contributed by atoms with Crippen LogP contribution in [0.3, 0.4) is 0 Å². The smallest absolute Gasteiger partial charge is 0.251 e. The van der Waals surface area contributed by atoms with Crippen molar-refractivity contribution >= 4 is 11.8 Å². The molecule has 1 aromatic heterocycles. The van der Waals surface area contributed by atoms with Crippen LogP contribution in [0, 0.1) is 0 Å². The number of rotatable bonds is 6. The second kappa shape index (κ2) is 8.41. The Bertz CT molecular complexity index is 691. The van der Waals surface area contributed by atoms with Crippen molar-refractivity contribution in [1.29, 1.82) is 0 Å². The topological polar surface area (TPSA) is 88.9 Å². The lowest BCUT2D eigenvalue weighted by atomic mass is 9.95. The Morgan fingerprint density at radius 2 is 1.72 bits per heavy atom. The van der Waals surface area contributed by atoms with Gasteiger partial charge in [-0.3, -0.25) is 14.2 Å². The molecule has 7 nitrogen and oxygen atoms in total. The summed E-state index contributed by atoms with van der Waals surface area (Å²) in [5.41, 5.74) is 1.44. The van der Waals surface area contributed by atoms with Crippen LogP contribution in [0.25, 0.3) is 5.69 Å². The van der Waals surface area contributed by atoms with Crippen LogP contribution < -0.4 is 10.6 Å². The fourth-order valence-electron chi connectivity index (χ4n) is 3.06. The fraction of sp³-hybridized carbons (Fsp3) is 0.444. The van der Waals surface area contributed by atoms with Crippen molar-refractivity contribution in [3.8, 4) is 5.69 Å². The predicted octanol–water partition coefficient (Wildman–Crippen LogP) is 1.84. The Kier molecular flexibility index (Phi) is 5.77. The van der Waals surface area contributed by atoms with E-state index in [1.807, 2.05) is 12.1 Å². The molecule has 1 aliphatic carbocycles. The van der Waals surface area contributed by atoms with Crippen molar-refractivity contribution in [3.63, 3.8) is 0 Å². The van der Waals surface area contributed by atoms with E-state index in [1.54, 1.807) is 29.4 Å². The zero-order chi connectivity index (χ0) is 17.5. The van der Waals surface area contributed by atoms with E-state index in [1.165, 1.54) is 19.3 Å². The summed E-state index contributed by atoms with van der Waals surface area (Å²) in [5.74, 6) is -0.170. The number of amides is 2. The van der Waals surface area contributed by atoms with Crippen molar-refractivity contribution < 1.29 is 9.59 Å². The quantitative estimate of drug-likeness (QED) is 0.839. The lowest BCUT2D eigenvalue weighted by Crippen LogP contribution is -2.38. The number of carbonyl (C=O) groups is 2. The molecule has 0 saturated heterocycles. The molecule has 0 bridgehead atoms. The molecular formula is C18H23N5O2. The van der Waals surface area contributed by atoms with Crippen LogP contribution >= 0.6 is 0 Å². The van der Waals surface area contributed by atoms with E-state index in [4.69, 9.17) is 0 Å². The van der Waals surface area contributed by atoms with Gasteiger partial charge in [0, 0.05) is 30.3 Å². The summed E-state index contributed by atoms with van der Waals surface area (Å²) in [6, 6.07) is 7.45. The van der Waals surface area contributed by atoms with Crippen LogP contribution in [0.2, 0.25) is 0 Å². The van der Waals surface area contributed by atoms with E-state index < -0.39 is 0 Å². The first kappa shape index (κ1) is 17.1. The first-order valence-electron chi connectivity index (χ1n) is 8.75. The van der Waals surface area contributed by atoms with Crippen LogP contribution in [0.1, 0.15) is 48.9 Å². The minimum absolute atomic E-state index is 0.00940. The maximum atomic E-state index is 12.1. The summed E-state index contributed by atoms with van der Waals surface area (Å²) in [4.78, 5) is 24.1. The summed E-state index contributed by atoms with van der Waals surface area (Å²) in [5, 5.41) is 13.3. The van der Waals surface area contributed by atoms with E-state index in [0.717, 1.165) is 18.5 Å². The standard InChI is InChI=1S/C18H23N5O2/c24-17(22-15-4-2-1-3-5-15)10-11-19-18(25)14-6-8-16(9-7-14)23-12-20-21-13-23/h6-9,12-13,15H,1-5,10-11H2,(H,19,25)(H,22,24). The summed E-state index contributed by atoms with van der Waals surface area (Å²) < 4.78 is 1.76. The Morgan fingerprint density at radius 3 is 2.40 bits per heavy atom. The first-order chi connectivity index (χ1) is 12.2. The normalized spacial score (nSPS) is 14.9. The zero-order valence-corrected chi connectivity index (χ0v) is 14.1. The molecule has 1 heterocycles. The molecule has 132 valence electrons. The van der Waals surface area contributed by atoms with Gasteiger partial charge >= 0.3 is 0 Å². The third-order valence-electron chi connectivity index (χ3n) is 4.45. The summed E-state index contributed by atoms with van der Waals surface area (Å²) >= 11 is 0. The Labute approximate surface area is 146 Å². The highest BCUT2D eigenvalue weighted by molar-refractivity contribution is 5.94. The number of hydrogen-bond donors (Lipinski definition) is 2. The van der Waals surface area contributed by atoms with E-state index in [2.05, 4.69) is 20.8 Å². The van der Waals surface area contributed by atoms with E-state index in [9.17, 15) is 9.59 Å². The fourth-order valence-corrected chi connectivity index (χ4v) is 3.06. The zero-order valence-electron chi connectivity index (χ0n) is 14.1. The van der Waals surface area contributed by atoms with Gasteiger partial charge in [-0.25, -0.2) is 0 Å². The number of hydrogen-bond acceptors (Lipinski definition) is 4. The van der Waals surface area contributed by atoms with Gasteiger partial charge in [-0.15, -0.1) is 10.2 Å². The number of nitrogens with one attached hydrogen (secondary N) is 2. The number of nitrogens with zero attached hydrogens (tertiary/aromatic N) is 3. The molecule has 0 spiro atoms. The van der Waals surface area contributed by atoms with Crippen LogP contribution in [-0.2, 0) is 4.79 Å². The number of aromatic nitrogens is 3. The minimum atomic E-state index is -0.180. The summed E-state index contributed by atoms with van der Waals surface area (Å²) in [6.45, 7) is 0.338. The lowest BCUT2D eigenvalue weighted by molar-refractivity contribution is -0.121. The van der Waals surface area contributed by atoms with Crippen LogP contribution in [-0.4, -0.2) is 39.2 Å². The predicted molar refractivity (Wildman–Crippen MR) is 93.3 cm³/mol. The van der Waals surface area contributed by atoms with Crippen molar-refractivity contribution in [2.24, 2.45) is 0 Å². The monoisotopic (exact) mass is 341 g/mol. The molecule has 2 amide bonds. The van der Waals surface area contributed by atoms with E-state index in [-0.39, 0.29) is 11.8 Å². The van der Waals surface area contributed by atoms with Crippen LogP contribution in [0.15, 0.2) is 36.9 Å². The Hall–Kier alpha value is -2.70. The first-order valence-corrected chi connectivity index (χ1v) is 8.75. The molecule has 1 saturated carbocycles. The van der Waals surface area contributed by atoms with Crippen molar-refractivity contribution in [3.05, 3.63) is 42.5 Å². The lowest BCUT2D eigenvalue weighted by Gasteiger charge is -2.22. The molecule has 0 aliphatic heterocycles. The Balaban J connectivity index is 1.42. The molecule has 7 heteroatoms. The molecule has 25 heavy (non-hydrogen) atoms. The summed E-state index contributed by atoms with van der Waals surface area (Å²) in [7, 11) is 0. The maximum absolute atomic E-state index is 12.1. The highest BCUT2D eigenvalue weighted by Crippen LogP contribution is 2.17. The minimum Gasteiger partial charge on any atom is -0.353 e. The Morgan fingerprint density at radius 1 is 1.04 bits per heavy atom. The van der Waals surface area contributed by atoms with Gasteiger partial charge in [0.25, 0.3) is 5.91 Å². The van der Waals surface area contributed by atoms with Gasteiger partial charge in [0.2, 0.25) is 5.91 Å². The van der Waals surface area contributed by atoms with Gasteiger partial charge in [-0.1, -0.05) is 19.3 Å². The van der Waals surface area contributed by atoms with Gasteiger partial charge in [0.05, 0.1) is 0 Å². The molecule has 0 unspecified atom stereocenters. The highest BCUT2D eigenvalue weighted by Gasteiger charge is 2.15.